The van der Waals surface area contributed by atoms with Crippen LogP contribution in [-0.2, 0) is 16.1 Å². The number of nitrogens with one attached hydrogen (secondary N) is 1. The Kier molecular flexibility index (Phi) is 10.7. The van der Waals surface area contributed by atoms with Crippen molar-refractivity contribution >= 4 is 36.4 Å². The van der Waals surface area contributed by atoms with Crippen molar-refractivity contribution in [1.29, 1.82) is 0 Å². The zero-order valence-corrected chi connectivity index (χ0v) is 17.9. The van der Waals surface area contributed by atoms with Crippen molar-refractivity contribution in [2.45, 2.75) is 32.2 Å². The SMILES string of the molecule is Cl.Cl.NCC1(C(=O)Nc2cccc(CN3CCC(CO)CC3)c2)CCOCC1. The van der Waals surface area contributed by atoms with Gasteiger partial charge in [-0.1, -0.05) is 12.1 Å². The van der Waals surface area contributed by atoms with Crippen LogP contribution >= 0.6 is 24.8 Å². The van der Waals surface area contributed by atoms with Gasteiger partial charge in [0.15, 0.2) is 0 Å². The second-order valence-electron chi connectivity index (χ2n) is 7.65. The van der Waals surface area contributed by atoms with Gasteiger partial charge in [0.25, 0.3) is 0 Å². The Labute approximate surface area is 180 Å². The van der Waals surface area contributed by atoms with Crippen molar-refractivity contribution in [3.8, 4) is 0 Å². The van der Waals surface area contributed by atoms with Gasteiger partial charge in [-0.25, -0.2) is 0 Å². The molecular weight excluding hydrogens is 401 g/mol. The van der Waals surface area contributed by atoms with E-state index >= 15 is 0 Å². The minimum Gasteiger partial charge on any atom is -0.396 e. The number of carbonyl (C=O) groups excluding carboxylic acids is 1. The van der Waals surface area contributed by atoms with Crippen molar-refractivity contribution in [2.75, 3.05) is 44.8 Å². The first-order valence-corrected chi connectivity index (χ1v) is 9.66. The summed E-state index contributed by atoms with van der Waals surface area (Å²) in [4.78, 5) is 15.2. The summed E-state index contributed by atoms with van der Waals surface area (Å²) < 4.78 is 5.39. The lowest BCUT2D eigenvalue weighted by Crippen LogP contribution is -2.46. The lowest BCUT2D eigenvalue weighted by atomic mass is 9.79. The summed E-state index contributed by atoms with van der Waals surface area (Å²) in [6.45, 7) is 4.72. The molecule has 0 unspecified atom stereocenters. The Hall–Kier alpha value is -0.890. The predicted octanol–water partition coefficient (Wildman–Crippen LogP) is 2.43. The van der Waals surface area contributed by atoms with Crippen LogP contribution in [-0.4, -0.2) is 55.4 Å². The largest absolute Gasteiger partial charge is 0.396 e. The summed E-state index contributed by atoms with van der Waals surface area (Å²) in [5.74, 6) is 0.452. The topological polar surface area (TPSA) is 87.8 Å². The Morgan fingerprint density at radius 3 is 2.54 bits per heavy atom. The summed E-state index contributed by atoms with van der Waals surface area (Å²) in [5.41, 5.74) is 7.44. The summed E-state index contributed by atoms with van der Waals surface area (Å²) >= 11 is 0. The number of hydrogen-bond acceptors (Lipinski definition) is 5. The number of nitrogens with zero attached hydrogens (tertiary/aromatic N) is 1. The molecule has 8 heteroatoms. The van der Waals surface area contributed by atoms with E-state index in [9.17, 15) is 9.90 Å². The highest BCUT2D eigenvalue weighted by Gasteiger charge is 2.38. The lowest BCUT2D eigenvalue weighted by molar-refractivity contribution is -0.130. The monoisotopic (exact) mass is 433 g/mol. The molecule has 2 fully saturated rings. The van der Waals surface area contributed by atoms with E-state index in [1.807, 2.05) is 12.1 Å². The fourth-order valence-electron chi connectivity index (χ4n) is 3.88. The fraction of sp³-hybridized carbons (Fsp3) is 0.650. The van der Waals surface area contributed by atoms with E-state index in [0.29, 0.717) is 45.1 Å². The van der Waals surface area contributed by atoms with Gasteiger partial charge in [-0.05, 0) is 62.4 Å². The number of aliphatic hydroxyl groups is 1. The van der Waals surface area contributed by atoms with E-state index in [1.165, 1.54) is 5.56 Å². The van der Waals surface area contributed by atoms with E-state index in [2.05, 4.69) is 22.3 Å². The Morgan fingerprint density at radius 2 is 1.93 bits per heavy atom. The summed E-state index contributed by atoms with van der Waals surface area (Å²) in [5, 5.41) is 12.3. The summed E-state index contributed by atoms with van der Waals surface area (Å²) in [6.07, 6.45) is 3.45. The molecule has 1 amide bonds. The van der Waals surface area contributed by atoms with Gasteiger partial charge in [0, 0.05) is 38.6 Å². The van der Waals surface area contributed by atoms with E-state index in [4.69, 9.17) is 10.5 Å². The lowest BCUT2D eigenvalue weighted by Gasteiger charge is -2.34. The number of benzene rings is 1. The molecule has 2 aliphatic rings. The van der Waals surface area contributed by atoms with E-state index in [1.54, 1.807) is 0 Å². The molecular formula is C20H33Cl2N3O3. The van der Waals surface area contributed by atoms with Gasteiger partial charge in [-0.2, -0.15) is 0 Å². The first kappa shape index (κ1) is 25.1. The number of hydrogen-bond donors (Lipinski definition) is 3. The van der Waals surface area contributed by atoms with Crippen molar-refractivity contribution in [1.82, 2.24) is 4.90 Å². The standard InChI is InChI=1S/C20H31N3O3.2ClH/c21-15-20(6-10-26-11-7-20)19(25)22-18-3-1-2-17(12-18)13-23-8-4-16(14-24)5-9-23;;/h1-3,12,16,24H,4-11,13-15,21H2,(H,22,25);2*1H. The summed E-state index contributed by atoms with van der Waals surface area (Å²) in [7, 11) is 0. The van der Waals surface area contributed by atoms with E-state index in [-0.39, 0.29) is 30.7 Å². The second kappa shape index (κ2) is 12.0. The zero-order chi connectivity index (χ0) is 18.4. The molecule has 28 heavy (non-hydrogen) atoms. The first-order chi connectivity index (χ1) is 12.6. The van der Waals surface area contributed by atoms with Crippen LogP contribution in [0, 0.1) is 11.3 Å². The van der Waals surface area contributed by atoms with E-state index in [0.717, 1.165) is 38.2 Å². The number of nitrogens with two attached hydrogens (primary N) is 1. The molecule has 0 radical (unpaired) electrons. The van der Waals surface area contributed by atoms with Crippen LogP contribution in [0.2, 0.25) is 0 Å². The number of halogens is 2. The van der Waals surface area contributed by atoms with Crippen LogP contribution in [0.15, 0.2) is 24.3 Å². The average molecular weight is 434 g/mol. The maximum atomic E-state index is 12.8. The maximum absolute atomic E-state index is 12.8. The molecule has 2 saturated heterocycles. The Balaban J connectivity index is 0.00000196. The fourth-order valence-corrected chi connectivity index (χ4v) is 3.88. The molecule has 0 atom stereocenters. The molecule has 2 aliphatic heterocycles. The number of rotatable bonds is 6. The van der Waals surface area contributed by atoms with Crippen LogP contribution in [0.3, 0.4) is 0 Å². The molecule has 0 aliphatic carbocycles. The van der Waals surface area contributed by atoms with Gasteiger partial charge >= 0.3 is 0 Å². The van der Waals surface area contributed by atoms with Crippen LogP contribution in [0.4, 0.5) is 5.69 Å². The van der Waals surface area contributed by atoms with E-state index < -0.39 is 5.41 Å². The number of carbonyl (C=O) groups is 1. The van der Waals surface area contributed by atoms with Crippen molar-refractivity contribution in [3.05, 3.63) is 29.8 Å². The predicted molar refractivity (Wildman–Crippen MR) is 116 cm³/mol. The molecule has 160 valence electrons. The van der Waals surface area contributed by atoms with Crippen LogP contribution < -0.4 is 11.1 Å². The molecule has 1 aromatic rings. The average Bonchev–Trinajstić information content (AvgIpc) is 2.69. The second-order valence-corrected chi connectivity index (χ2v) is 7.65. The molecule has 0 saturated carbocycles. The molecule has 0 bridgehead atoms. The Morgan fingerprint density at radius 1 is 1.25 bits per heavy atom. The van der Waals surface area contributed by atoms with Crippen LogP contribution in [0.25, 0.3) is 0 Å². The number of anilines is 1. The number of likely N-dealkylation sites (tertiary alicyclic amines) is 1. The molecule has 0 spiro atoms. The van der Waals surface area contributed by atoms with Gasteiger partial charge in [-0.15, -0.1) is 24.8 Å². The number of piperidine rings is 1. The third-order valence-electron chi connectivity index (χ3n) is 5.88. The smallest absolute Gasteiger partial charge is 0.232 e. The maximum Gasteiger partial charge on any atom is 0.232 e. The quantitative estimate of drug-likeness (QED) is 0.640. The highest BCUT2D eigenvalue weighted by molar-refractivity contribution is 5.95. The minimum atomic E-state index is -0.513. The van der Waals surface area contributed by atoms with Crippen LogP contribution in [0.1, 0.15) is 31.2 Å². The first-order valence-electron chi connectivity index (χ1n) is 9.66. The van der Waals surface area contributed by atoms with Gasteiger partial charge in [0.1, 0.15) is 0 Å². The Bertz CT molecular complexity index is 604. The third kappa shape index (κ3) is 6.31. The van der Waals surface area contributed by atoms with Crippen molar-refractivity contribution in [2.24, 2.45) is 17.1 Å². The third-order valence-corrected chi connectivity index (χ3v) is 5.88. The minimum absolute atomic E-state index is 0. The number of ether oxygens (including phenoxy) is 1. The molecule has 2 heterocycles. The van der Waals surface area contributed by atoms with Gasteiger partial charge in [0.2, 0.25) is 5.91 Å². The summed E-state index contributed by atoms with van der Waals surface area (Å²) in [6, 6.07) is 8.08. The van der Waals surface area contributed by atoms with Crippen molar-refractivity contribution in [3.63, 3.8) is 0 Å². The normalized spacial score (nSPS) is 19.9. The molecule has 0 aromatic heterocycles. The molecule has 3 rings (SSSR count). The number of amides is 1. The van der Waals surface area contributed by atoms with Gasteiger partial charge in [0.05, 0.1) is 5.41 Å². The van der Waals surface area contributed by atoms with Gasteiger partial charge in [-0.3, -0.25) is 9.69 Å². The highest BCUT2D eigenvalue weighted by Crippen LogP contribution is 2.31. The zero-order valence-electron chi connectivity index (χ0n) is 16.3. The van der Waals surface area contributed by atoms with Crippen LogP contribution in [0.5, 0.6) is 0 Å². The van der Waals surface area contributed by atoms with Crippen molar-refractivity contribution < 1.29 is 14.6 Å². The number of aliphatic hydroxyl groups excluding tert-OH is 1. The van der Waals surface area contributed by atoms with Gasteiger partial charge < -0.3 is 20.9 Å². The molecule has 1 aromatic carbocycles. The molecule has 6 nitrogen and oxygen atoms in total. The highest BCUT2D eigenvalue weighted by atomic mass is 35.5. The molecule has 4 N–H and O–H groups in total.